The van der Waals surface area contributed by atoms with E-state index in [2.05, 4.69) is 26.1 Å². The molecule has 0 aliphatic rings. The molecule has 0 heterocycles. The van der Waals surface area contributed by atoms with Gasteiger partial charge < -0.3 is 14.8 Å². The van der Waals surface area contributed by atoms with Crippen LogP contribution in [0, 0.1) is 5.92 Å². The molecule has 0 aromatic heterocycles. The van der Waals surface area contributed by atoms with Crippen molar-refractivity contribution < 1.29 is 9.47 Å². The molecule has 0 saturated carbocycles. The first-order valence-electron chi connectivity index (χ1n) is 6.01. The lowest BCUT2D eigenvalue weighted by Gasteiger charge is -2.16. The van der Waals surface area contributed by atoms with Crippen molar-refractivity contribution in [2.75, 3.05) is 33.4 Å². The Morgan fingerprint density at radius 2 is 1.93 bits per heavy atom. The maximum Gasteiger partial charge on any atom is 0.0587 e. The summed E-state index contributed by atoms with van der Waals surface area (Å²) in [5.41, 5.74) is 0. The summed E-state index contributed by atoms with van der Waals surface area (Å²) in [6.07, 6.45) is 2.71. The Hall–Kier alpha value is -0.120. The molecule has 0 aromatic carbocycles. The summed E-state index contributed by atoms with van der Waals surface area (Å²) in [5.74, 6) is 0.723. The smallest absolute Gasteiger partial charge is 0.0587 e. The van der Waals surface area contributed by atoms with Crippen LogP contribution in [0.25, 0.3) is 0 Å². The van der Waals surface area contributed by atoms with Crippen LogP contribution in [-0.2, 0) is 9.47 Å². The fraction of sp³-hybridized carbons (Fsp3) is 1.00. The highest BCUT2D eigenvalue weighted by atomic mass is 16.5. The summed E-state index contributed by atoms with van der Waals surface area (Å²) >= 11 is 0. The molecule has 3 nitrogen and oxygen atoms in total. The minimum atomic E-state index is 0.351. The topological polar surface area (TPSA) is 30.5 Å². The van der Waals surface area contributed by atoms with Gasteiger partial charge in [-0.3, -0.25) is 0 Å². The molecule has 0 aliphatic heterocycles. The van der Waals surface area contributed by atoms with Crippen molar-refractivity contribution in [2.45, 2.75) is 39.7 Å². The molecule has 1 N–H and O–H groups in total. The quantitative estimate of drug-likeness (QED) is 0.568. The van der Waals surface area contributed by atoms with Crippen LogP contribution >= 0.6 is 0 Å². The van der Waals surface area contributed by atoms with Crippen LogP contribution in [-0.4, -0.2) is 39.5 Å². The van der Waals surface area contributed by atoms with Crippen molar-refractivity contribution in [2.24, 2.45) is 5.92 Å². The molecule has 1 atom stereocenters. The number of methoxy groups -OCH3 is 1. The van der Waals surface area contributed by atoms with E-state index >= 15 is 0 Å². The molecule has 15 heavy (non-hydrogen) atoms. The summed E-state index contributed by atoms with van der Waals surface area (Å²) in [5, 5.41) is 3.39. The van der Waals surface area contributed by atoms with E-state index in [4.69, 9.17) is 9.47 Å². The van der Waals surface area contributed by atoms with Gasteiger partial charge in [-0.25, -0.2) is 0 Å². The fourth-order valence-electron chi connectivity index (χ4n) is 1.40. The van der Waals surface area contributed by atoms with Crippen molar-refractivity contribution in [1.29, 1.82) is 0 Å². The van der Waals surface area contributed by atoms with E-state index in [0.29, 0.717) is 6.10 Å². The first-order valence-corrected chi connectivity index (χ1v) is 6.01. The minimum absolute atomic E-state index is 0.351. The van der Waals surface area contributed by atoms with E-state index in [-0.39, 0.29) is 0 Å². The average molecular weight is 217 g/mol. The summed E-state index contributed by atoms with van der Waals surface area (Å²) < 4.78 is 10.5. The van der Waals surface area contributed by atoms with Gasteiger partial charge in [0.25, 0.3) is 0 Å². The Labute approximate surface area is 94.5 Å². The molecule has 0 radical (unpaired) electrons. The van der Waals surface area contributed by atoms with Gasteiger partial charge in [-0.2, -0.15) is 0 Å². The highest BCUT2D eigenvalue weighted by Crippen LogP contribution is 2.07. The third kappa shape index (κ3) is 10.2. The zero-order valence-corrected chi connectivity index (χ0v) is 10.7. The zero-order valence-electron chi connectivity index (χ0n) is 10.7. The van der Waals surface area contributed by atoms with Crippen LogP contribution in [0.2, 0.25) is 0 Å². The molecule has 0 amide bonds. The summed E-state index contributed by atoms with van der Waals surface area (Å²) in [6.45, 7) is 10.1. The Balaban J connectivity index is 3.38. The predicted molar refractivity (Wildman–Crippen MR) is 64.2 cm³/mol. The molecular weight excluding hydrogens is 190 g/mol. The zero-order chi connectivity index (χ0) is 11.5. The van der Waals surface area contributed by atoms with Crippen molar-refractivity contribution in [3.05, 3.63) is 0 Å². The van der Waals surface area contributed by atoms with Crippen molar-refractivity contribution in [3.8, 4) is 0 Å². The summed E-state index contributed by atoms with van der Waals surface area (Å²) in [6, 6.07) is 0. The van der Waals surface area contributed by atoms with Crippen LogP contribution in [0.15, 0.2) is 0 Å². The molecule has 0 spiro atoms. The first-order chi connectivity index (χ1) is 7.20. The van der Waals surface area contributed by atoms with E-state index in [1.807, 2.05) is 0 Å². The minimum Gasteiger partial charge on any atom is -0.383 e. The molecule has 1 unspecified atom stereocenters. The van der Waals surface area contributed by atoms with Gasteiger partial charge in [-0.1, -0.05) is 13.3 Å². The van der Waals surface area contributed by atoms with Crippen molar-refractivity contribution >= 4 is 0 Å². The van der Waals surface area contributed by atoms with E-state index in [9.17, 15) is 0 Å². The highest BCUT2D eigenvalue weighted by molar-refractivity contribution is 4.60. The predicted octanol–water partition coefficient (Wildman–Crippen LogP) is 2.06. The van der Waals surface area contributed by atoms with Crippen molar-refractivity contribution in [3.63, 3.8) is 0 Å². The number of ether oxygens (including phenoxy) is 2. The van der Waals surface area contributed by atoms with E-state index in [0.717, 1.165) is 38.6 Å². The second-order valence-electron chi connectivity index (χ2n) is 4.18. The number of hydrogen-bond donors (Lipinski definition) is 1. The lowest BCUT2D eigenvalue weighted by Crippen LogP contribution is -2.26. The number of hydrogen-bond acceptors (Lipinski definition) is 3. The van der Waals surface area contributed by atoms with Crippen LogP contribution in [0.1, 0.15) is 33.6 Å². The Bertz CT molecular complexity index is 129. The van der Waals surface area contributed by atoms with Gasteiger partial charge in [0.1, 0.15) is 0 Å². The first kappa shape index (κ1) is 14.9. The molecular formula is C12H27NO2. The SMILES string of the molecule is CCC(CCOC(C)C)CNCCOC. The van der Waals surface area contributed by atoms with Crippen LogP contribution in [0.3, 0.4) is 0 Å². The Morgan fingerprint density at radius 3 is 2.47 bits per heavy atom. The average Bonchev–Trinajstić information content (AvgIpc) is 2.21. The second kappa shape index (κ2) is 10.4. The molecule has 0 saturated heterocycles. The van der Waals surface area contributed by atoms with Crippen LogP contribution in [0.4, 0.5) is 0 Å². The van der Waals surface area contributed by atoms with E-state index < -0.39 is 0 Å². The second-order valence-corrected chi connectivity index (χ2v) is 4.18. The molecule has 0 rings (SSSR count). The van der Waals surface area contributed by atoms with Gasteiger partial charge in [0.2, 0.25) is 0 Å². The normalized spacial score (nSPS) is 13.4. The van der Waals surface area contributed by atoms with E-state index in [1.54, 1.807) is 7.11 Å². The molecule has 0 aromatic rings. The lowest BCUT2D eigenvalue weighted by atomic mass is 10.0. The maximum atomic E-state index is 5.55. The van der Waals surface area contributed by atoms with Gasteiger partial charge in [0, 0.05) is 20.3 Å². The van der Waals surface area contributed by atoms with Gasteiger partial charge in [-0.15, -0.1) is 0 Å². The number of nitrogens with one attached hydrogen (secondary N) is 1. The molecule has 0 aliphatic carbocycles. The standard InChI is InChI=1S/C12H27NO2/c1-5-12(6-8-15-11(2)3)10-13-7-9-14-4/h11-13H,5-10H2,1-4H3. The summed E-state index contributed by atoms with van der Waals surface area (Å²) in [4.78, 5) is 0. The summed E-state index contributed by atoms with van der Waals surface area (Å²) in [7, 11) is 1.73. The largest absolute Gasteiger partial charge is 0.383 e. The van der Waals surface area contributed by atoms with Gasteiger partial charge >= 0.3 is 0 Å². The Morgan fingerprint density at radius 1 is 1.20 bits per heavy atom. The molecule has 3 heteroatoms. The molecule has 0 bridgehead atoms. The fourth-order valence-corrected chi connectivity index (χ4v) is 1.40. The maximum absolute atomic E-state index is 5.55. The van der Waals surface area contributed by atoms with Gasteiger partial charge in [0.05, 0.1) is 12.7 Å². The highest BCUT2D eigenvalue weighted by Gasteiger charge is 2.06. The molecule has 0 fully saturated rings. The van der Waals surface area contributed by atoms with Gasteiger partial charge in [-0.05, 0) is 32.7 Å². The monoisotopic (exact) mass is 217 g/mol. The van der Waals surface area contributed by atoms with Crippen LogP contribution in [0.5, 0.6) is 0 Å². The van der Waals surface area contributed by atoms with Crippen molar-refractivity contribution in [1.82, 2.24) is 5.32 Å². The van der Waals surface area contributed by atoms with Gasteiger partial charge in [0.15, 0.2) is 0 Å². The third-order valence-corrected chi connectivity index (χ3v) is 2.47. The third-order valence-electron chi connectivity index (χ3n) is 2.47. The van der Waals surface area contributed by atoms with Crippen LogP contribution < -0.4 is 5.32 Å². The Kier molecular flexibility index (Phi) is 10.3. The number of rotatable bonds is 10. The van der Waals surface area contributed by atoms with E-state index in [1.165, 1.54) is 6.42 Å². The molecule has 92 valence electrons. The lowest BCUT2D eigenvalue weighted by molar-refractivity contribution is 0.0678.